The lowest BCUT2D eigenvalue weighted by Gasteiger charge is -2.29. The number of halogens is 1. The van der Waals surface area contributed by atoms with Gasteiger partial charge in [0.15, 0.2) is 0 Å². The zero-order chi connectivity index (χ0) is 26.3. The number of benzene rings is 2. The molecule has 7 heteroatoms. The third-order valence-electron chi connectivity index (χ3n) is 7.47. The maximum atomic E-state index is 14.3. The number of nitrogens with zero attached hydrogens (tertiary/aromatic N) is 1. The highest BCUT2D eigenvalue weighted by atomic mass is 19.1. The summed E-state index contributed by atoms with van der Waals surface area (Å²) in [5.41, 5.74) is 3.49. The fourth-order valence-electron chi connectivity index (χ4n) is 5.71. The summed E-state index contributed by atoms with van der Waals surface area (Å²) in [6.07, 6.45) is 3.85. The molecule has 2 aromatic rings. The monoisotopic (exact) mass is 497 g/mol. The summed E-state index contributed by atoms with van der Waals surface area (Å²) in [6.45, 7) is 10.9. The van der Waals surface area contributed by atoms with Gasteiger partial charge in [-0.1, -0.05) is 38.1 Å². The van der Waals surface area contributed by atoms with Gasteiger partial charge in [-0.05, 0) is 99.8 Å². The van der Waals surface area contributed by atoms with Gasteiger partial charge in [0.1, 0.15) is 5.82 Å². The van der Waals surface area contributed by atoms with Crippen molar-refractivity contribution in [2.24, 2.45) is 0 Å². The summed E-state index contributed by atoms with van der Waals surface area (Å²) in [5.74, 6) is -0.919. The molecule has 36 heavy (non-hydrogen) atoms. The van der Waals surface area contributed by atoms with Gasteiger partial charge in [-0.15, -0.1) is 0 Å². The lowest BCUT2D eigenvalue weighted by molar-refractivity contribution is -0.135. The maximum absolute atomic E-state index is 14.3. The van der Waals surface area contributed by atoms with E-state index in [0.29, 0.717) is 29.5 Å². The van der Waals surface area contributed by atoms with Crippen molar-refractivity contribution in [2.45, 2.75) is 77.2 Å². The Morgan fingerprint density at radius 2 is 1.81 bits per heavy atom. The number of rotatable bonds is 11. The van der Waals surface area contributed by atoms with E-state index in [1.807, 2.05) is 36.7 Å². The summed E-state index contributed by atoms with van der Waals surface area (Å²) < 4.78 is 14.3. The molecule has 0 aliphatic heterocycles. The zero-order valence-electron chi connectivity index (χ0n) is 21.9. The summed E-state index contributed by atoms with van der Waals surface area (Å²) in [6, 6.07) is 12.3. The van der Waals surface area contributed by atoms with Crippen molar-refractivity contribution in [3.8, 4) is 0 Å². The van der Waals surface area contributed by atoms with E-state index in [4.69, 9.17) is 0 Å². The van der Waals surface area contributed by atoms with Crippen LogP contribution < -0.4 is 10.8 Å². The molecule has 1 saturated carbocycles. The molecule has 0 radical (unpaired) electrons. The number of carbonyl (C=O) groups excluding carboxylic acids is 2. The third-order valence-corrected chi connectivity index (χ3v) is 7.47. The molecule has 0 spiro atoms. The number of nitrogens with one attached hydrogen (secondary N) is 2. The van der Waals surface area contributed by atoms with E-state index in [0.717, 1.165) is 44.5 Å². The standard InChI is InChI=1S/C29H40FN3O3/c1-5-16-33(17-6-2)19-20(3)31-27(34)23-12-10-22(11-13-23)24-14-15-29(18-24,28(35)32-36)25-8-7-9-26(30)21(25)4/h7-13,20,24,36H,5-6,14-19H2,1-4H3,(H,31,34)(H,32,35)/t20?,24-,29+/m1/s1. The predicted octanol–water partition coefficient (Wildman–Crippen LogP) is 5.09. The second-order valence-electron chi connectivity index (χ2n) is 10.2. The van der Waals surface area contributed by atoms with Crippen LogP contribution in [0.5, 0.6) is 0 Å². The molecule has 6 nitrogen and oxygen atoms in total. The van der Waals surface area contributed by atoms with Crippen LogP contribution in [0.2, 0.25) is 0 Å². The van der Waals surface area contributed by atoms with Gasteiger partial charge >= 0.3 is 0 Å². The molecule has 3 N–H and O–H groups in total. The van der Waals surface area contributed by atoms with E-state index in [9.17, 15) is 19.2 Å². The van der Waals surface area contributed by atoms with Crippen LogP contribution in [0.25, 0.3) is 0 Å². The Morgan fingerprint density at radius 3 is 2.42 bits per heavy atom. The zero-order valence-corrected chi connectivity index (χ0v) is 21.9. The van der Waals surface area contributed by atoms with E-state index in [-0.39, 0.29) is 23.7 Å². The molecule has 0 saturated heterocycles. The fourth-order valence-corrected chi connectivity index (χ4v) is 5.71. The molecule has 1 aliphatic carbocycles. The van der Waals surface area contributed by atoms with Crippen molar-refractivity contribution in [3.05, 3.63) is 70.5 Å². The largest absolute Gasteiger partial charge is 0.348 e. The smallest absolute Gasteiger partial charge is 0.254 e. The quantitative estimate of drug-likeness (QED) is 0.299. The second-order valence-corrected chi connectivity index (χ2v) is 10.2. The Labute approximate surface area is 214 Å². The first kappa shape index (κ1) is 27.8. The summed E-state index contributed by atoms with van der Waals surface area (Å²) >= 11 is 0. The van der Waals surface area contributed by atoms with Crippen molar-refractivity contribution < 1.29 is 19.2 Å². The molecule has 2 aromatic carbocycles. The number of carbonyl (C=O) groups is 2. The van der Waals surface area contributed by atoms with Crippen molar-refractivity contribution in [2.75, 3.05) is 19.6 Å². The van der Waals surface area contributed by atoms with Crippen molar-refractivity contribution in [1.29, 1.82) is 0 Å². The number of hydrogen-bond acceptors (Lipinski definition) is 4. The van der Waals surface area contributed by atoms with Crippen LogP contribution in [0, 0.1) is 12.7 Å². The molecular formula is C29H40FN3O3. The van der Waals surface area contributed by atoms with Crippen molar-refractivity contribution in [1.82, 2.24) is 15.7 Å². The molecule has 3 atom stereocenters. The minimum absolute atomic E-state index is 0.0391. The Kier molecular flexibility index (Phi) is 9.63. The van der Waals surface area contributed by atoms with Crippen molar-refractivity contribution >= 4 is 11.8 Å². The highest BCUT2D eigenvalue weighted by molar-refractivity contribution is 5.94. The lowest BCUT2D eigenvalue weighted by atomic mass is 9.75. The SMILES string of the molecule is CCCN(CCC)CC(C)NC(=O)c1ccc([C@@H]2CC[C@@](C(=O)NO)(c3cccc(F)c3C)C2)cc1. The Balaban J connectivity index is 1.70. The molecule has 3 rings (SSSR count). The minimum atomic E-state index is -1.00. The molecule has 1 aliphatic rings. The fraction of sp³-hybridized carbons (Fsp3) is 0.517. The van der Waals surface area contributed by atoms with Crippen molar-refractivity contribution in [3.63, 3.8) is 0 Å². The van der Waals surface area contributed by atoms with E-state index in [2.05, 4.69) is 24.1 Å². The molecular weight excluding hydrogens is 457 g/mol. The second kappa shape index (κ2) is 12.5. The Bertz CT molecular complexity index is 1040. The van der Waals surface area contributed by atoms with Gasteiger partial charge in [0.25, 0.3) is 11.8 Å². The van der Waals surface area contributed by atoms with Crippen LogP contribution in [0.1, 0.15) is 85.8 Å². The highest BCUT2D eigenvalue weighted by Gasteiger charge is 2.48. The van der Waals surface area contributed by atoms with Gasteiger partial charge in [-0.25, -0.2) is 9.87 Å². The van der Waals surface area contributed by atoms with Gasteiger partial charge in [0.05, 0.1) is 5.41 Å². The van der Waals surface area contributed by atoms with Crippen LogP contribution in [-0.4, -0.2) is 47.6 Å². The van der Waals surface area contributed by atoms with Crippen LogP contribution in [-0.2, 0) is 10.2 Å². The Hall–Kier alpha value is -2.77. The third kappa shape index (κ3) is 6.13. The summed E-state index contributed by atoms with van der Waals surface area (Å²) in [5, 5.41) is 12.6. The van der Waals surface area contributed by atoms with Gasteiger partial charge in [0.2, 0.25) is 0 Å². The number of amides is 2. The number of hydroxylamine groups is 1. The first-order valence-corrected chi connectivity index (χ1v) is 13.1. The van der Waals surface area contributed by atoms with Crippen LogP contribution >= 0.6 is 0 Å². The molecule has 196 valence electrons. The predicted molar refractivity (Wildman–Crippen MR) is 140 cm³/mol. The maximum Gasteiger partial charge on any atom is 0.254 e. The van der Waals surface area contributed by atoms with Crippen LogP contribution in [0.4, 0.5) is 4.39 Å². The topological polar surface area (TPSA) is 81.7 Å². The van der Waals surface area contributed by atoms with E-state index in [1.54, 1.807) is 19.1 Å². The normalized spacial score (nSPS) is 20.4. The molecule has 1 unspecified atom stereocenters. The van der Waals surface area contributed by atoms with Crippen LogP contribution in [0.3, 0.4) is 0 Å². The summed E-state index contributed by atoms with van der Waals surface area (Å²) in [4.78, 5) is 28.0. The van der Waals surface area contributed by atoms with Gasteiger partial charge in [-0.2, -0.15) is 0 Å². The van der Waals surface area contributed by atoms with E-state index >= 15 is 0 Å². The summed E-state index contributed by atoms with van der Waals surface area (Å²) in [7, 11) is 0. The van der Waals surface area contributed by atoms with Gasteiger partial charge in [-0.3, -0.25) is 14.8 Å². The average molecular weight is 498 g/mol. The molecule has 1 fully saturated rings. The average Bonchev–Trinajstić information content (AvgIpc) is 3.32. The van der Waals surface area contributed by atoms with Gasteiger partial charge < -0.3 is 10.2 Å². The molecule has 0 aromatic heterocycles. The van der Waals surface area contributed by atoms with E-state index < -0.39 is 11.3 Å². The first-order chi connectivity index (χ1) is 17.2. The highest BCUT2D eigenvalue weighted by Crippen LogP contribution is 2.49. The minimum Gasteiger partial charge on any atom is -0.348 e. The van der Waals surface area contributed by atoms with Gasteiger partial charge in [0, 0.05) is 18.2 Å². The Morgan fingerprint density at radius 1 is 1.14 bits per heavy atom. The molecule has 2 amide bonds. The molecule has 0 bridgehead atoms. The number of hydrogen-bond donors (Lipinski definition) is 3. The lowest BCUT2D eigenvalue weighted by Crippen LogP contribution is -2.42. The van der Waals surface area contributed by atoms with Crippen LogP contribution in [0.15, 0.2) is 42.5 Å². The molecule has 0 heterocycles. The first-order valence-electron chi connectivity index (χ1n) is 13.1. The van der Waals surface area contributed by atoms with E-state index in [1.165, 1.54) is 6.07 Å².